The highest BCUT2D eigenvalue weighted by atomic mass is 16.1. The molecule has 0 aromatic carbocycles. The number of allylic oxidation sites excluding steroid dienone is 4. The van der Waals surface area contributed by atoms with Gasteiger partial charge in [0.05, 0.1) is 0 Å². The topological polar surface area (TPSA) is 17.1 Å². The number of carbonyl (C=O) groups is 1. The molecule has 0 N–H and O–H groups in total. The Bertz CT molecular complexity index is 187. The first kappa shape index (κ1) is 10.2. The van der Waals surface area contributed by atoms with Crippen LogP contribution in [0, 0.1) is 12.0 Å². The van der Waals surface area contributed by atoms with Gasteiger partial charge in [-0.1, -0.05) is 25.2 Å². The van der Waals surface area contributed by atoms with Gasteiger partial charge in [0.2, 0.25) is 0 Å². The highest BCUT2D eigenvalue weighted by molar-refractivity contribution is 5.97. The van der Waals surface area contributed by atoms with Gasteiger partial charge in [0.1, 0.15) is 0 Å². The Labute approximate surface area is 68.8 Å². The summed E-state index contributed by atoms with van der Waals surface area (Å²) in [7, 11) is 0. The molecule has 11 heavy (non-hydrogen) atoms. The van der Waals surface area contributed by atoms with Crippen molar-refractivity contribution in [2.24, 2.45) is 5.92 Å². The lowest BCUT2D eigenvalue weighted by Gasteiger charge is -2.03. The average Bonchev–Trinajstić information content (AvgIpc) is 2.02. The van der Waals surface area contributed by atoms with E-state index in [9.17, 15) is 4.79 Å². The first-order chi connectivity index (χ1) is 5.13. The van der Waals surface area contributed by atoms with Crippen LogP contribution >= 0.6 is 0 Å². The molecule has 0 fully saturated rings. The van der Waals surface area contributed by atoms with Crippen molar-refractivity contribution in [2.75, 3.05) is 0 Å². The zero-order valence-electron chi connectivity index (χ0n) is 7.64. The number of hydrogen-bond donors (Lipinski definition) is 0. The Morgan fingerprint density at radius 3 is 2.45 bits per heavy atom. The molecule has 0 rings (SSSR count). The molecule has 0 aromatic rings. The molecule has 1 nitrogen and oxygen atoms in total. The maximum Gasteiger partial charge on any atom is 0.164 e. The summed E-state index contributed by atoms with van der Waals surface area (Å²) in [4.78, 5) is 11.3. The molecule has 0 saturated carbocycles. The van der Waals surface area contributed by atoms with Gasteiger partial charge in [0, 0.05) is 5.92 Å². The molecular weight excluding hydrogens is 136 g/mol. The number of carbonyl (C=O) groups excluding carboxylic acids is 1. The van der Waals surface area contributed by atoms with Crippen LogP contribution in [0.15, 0.2) is 17.7 Å². The fourth-order valence-corrected chi connectivity index (χ4v) is 0.827. The molecule has 0 aliphatic heterocycles. The number of rotatable bonds is 3. The minimum Gasteiger partial charge on any atom is -0.294 e. The van der Waals surface area contributed by atoms with E-state index in [4.69, 9.17) is 0 Å². The fraction of sp³-hybridized carbons (Fsp3) is 0.500. The largest absolute Gasteiger partial charge is 0.294 e. The third-order valence-electron chi connectivity index (χ3n) is 1.65. The maximum absolute atomic E-state index is 11.3. The third kappa shape index (κ3) is 3.17. The Morgan fingerprint density at radius 2 is 2.09 bits per heavy atom. The Morgan fingerprint density at radius 1 is 1.55 bits per heavy atom. The van der Waals surface area contributed by atoms with Crippen LogP contribution in [-0.4, -0.2) is 5.78 Å². The normalized spacial score (nSPS) is 15.5. The quantitative estimate of drug-likeness (QED) is 0.566. The van der Waals surface area contributed by atoms with Crippen molar-refractivity contribution in [1.29, 1.82) is 0 Å². The highest BCUT2D eigenvalue weighted by Gasteiger charge is 2.09. The predicted molar refractivity (Wildman–Crippen MR) is 47.1 cm³/mol. The van der Waals surface area contributed by atoms with Crippen molar-refractivity contribution < 1.29 is 4.79 Å². The van der Waals surface area contributed by atoms with Crippen LogP contribution in [0.4, 0.5) is 0 Å². The molecule has 1 unspecified atom stereocenters. The van der Waals surface area contributed by atoms with E-state index in [2.05, 4.69) is 6.08 Å². The van der Waals surface area contributed by atoms with E-state index in [1.54, 1.807) is 13.0 Å². The first-order valence-electron chi connectivity index (χ1n) is 3.81. The van der Waals surface area contributed by atoms with Crippen molar-refractivity contribution >= 4 is 5.78 Å². The summed E-state index contributed by atoms with van der Waals surface area (Å²) >= 11 is 0. The molecule has 0 aromatic heterocycles. The second-order valence-electron chi connectivity index (χ2n) is 2.58. The smallest absolute Gasteiger partial charge is 0.164 e. The second kappa shape index (κ2) is 4.89. The second-order valence-corrected chi connectivity index (χ2v) is 2.58. The molecule has 0 heterocycles. The van der Waals surface area contributed by atoms with E-state index >= 15 is 0 Å². The summed E-state index contributed by atoms with van der Waals surface area (Å²) in [6.45, 7) is 7.39. The van der Waals surface area contributed by atoms with Gasteiger partial charge in [-0.2, -0.15) is 0 Å². The maximum atomic E-state index is 11.3. The number of Topliss-reactive ketones (excluding diaryl/α,β-unsaturated/α-hetero) is 1. The molecular formula is C10H15O. The van der Waals surface area contributed by atoms with Gasteiger partial charge >= 0.3 is 0 Å². The summed E-state index contributed by atoms with van der Waals surface area (Å²) in [6, 6.07) is 0. The lowest BCUT2D eigenvalue weighted by atomic mass is 10.00. The van der Waals surface area contributed by atoms with Gasteiger partial charge in [-0.25, -0.2) is 0 Å². The zero-order valence-corrected chi connectivity index (χ0v) is 7.64. The van der Waals surface area contributed by atoms with Crippen LogP contribution in [-0.2, 0) is 4.79 Å². The van der Waals surface area contributed by atoms with Gasteiger partial charge in [0.15, 0.2) is 5.78 Å². The summed E-state index contributed by atoms with van der Waals surface area (Å²) < 4.78 is 0. The number of ketones is 1. The van der Waals surface area contributed by atoms with Crippen molar-refractivity contribution in [1.82, 2.24) is 0 Å². The minimum atomic E-state index is -0.0313. The zero-order chi connectivity index (χ0) is 8.85. The fourth-order valence-electron chi connectivity index (χ4n) is 0.827. The van der Waals surface area contributed by atoms with Gasteiger partial charge < -0.3 is 0 Å². The summed E-state index contributed by atoms with van der Waals surface area (Å²) in [5.74, 6) is 0.151. The van der Waals surface area contributed by atoms with E-state index in [-0.39, 0.29) is 11.7 Å². The summed E-state index contributed by atoms with van der Waals surface area (Å²) in [5, 5.41) is 0. The van der Waals surface area contributed by atoms with E-state index in [0.29, 0.717) is 0 Å². The van der Waals surface area contributed by atoms with Crippen molar-refractivity contribution in [3.8, 4) is 0 Å². The van der Waals surface area contributed by atoms with Gasteiger partial charge in [-0.05, 0) is 26.3 Å². The lowest BCUT2D eigenvalue weighted by molar-refractivity contribution is -0.117. The van der Waals surface area contributed by atoms with Crippen LogP contribution in [0.5, 0.6) is 0 Å². The molecule has 1 heteroatoms. The van der Waals surface area contributed by atoms with Crippen molar-refractivity contribution in [3.63, 3.8) is 0 Å². The molecule has 61 valence electrons. The first-order valence-corrected chi connectivity index (χ1v) is 3.81. The molecule has 0 aliphatic carbocycles. The molecule has 0 bridgehead atoms. The SMILES string of the molecule is C/[C]=C/C(C)C(=O)C(C)=CC. The Kier molecular flexibility index (Phi) is 4.51. The van der Waals surface area contributed by atoms with E-state index < -0.39 is 0 Å². The molecule has 1 atom stereocenters. The Hall–Kier alpha value is -0.850. The average molecular weight is 151 g/mol. The summed E-state index contributed by atoms with van der Waals surface area (Å²) in [5.41, 5.74) is 0.823. The lowest BCUT2D eigenvalue weighted by Crippen LogP contribution is -2.08. The Balaban J connectivity index is 4.25. The van der Waals surface area contributed by atoms with Crippen LogP contribution in [0.3, 0.4) is 0 Å². The monoisotopic (exact) mass is 151 g/mol. The summed E-state index contributed by atoms with van der Waals surface area (Å²) in [6.07, 6.45) is 6.48. The minimum absolute atomic E-state index is 0.0313. The predicted octanol–water partition coefficient (Wildman–Crippen LogP) is 2.54. The molecule has 1 radical (unpaired) electrons. The molecule has 0 amide bonds. The highest BCUT2D eigenvalue weighted by Crippen LogP contribution is 2.06. The van der Waals surface area contributed by atoms with Gasteiger partial charge in [-0.15, -0.1) is 0 Å². The third-order valence-corrected chi connectivity index (χ3v) is 1.65. The van der Waals surface area contributed by atoms with E-state index in [1.165, 1.54) is 0 Å². The van der Waals surface area contributed by atoms with E-state index in [0.717, 1.165) is 5.57 Å². The number of hydrogen-bond acceptors (Lipinski definition) is 1. The molecule has 0 spiro atoms. The van der Waals surface area contributed by atoms with Crippen LogP contribution in [0.1, 0.15) is 27.7 Å². The van der Waals surface area contributed by atoms with Crippen LogP contribution in [0.2, 0.25) is 0 Å². The van der Waals surface area contributed by atoms with Gasteiger partial charge in [-0.3, -0.25) is 4.79 Å². The van der Waals surface area contributed by atoms with Crippen molar-refractivity contribution in [2.45, 2.75) is 27.7 Å². The van der Waals surface area contributed by atoms with Crippen molar-refractivity contribution in [3.05, 3.63) is 23.8 Å². The van der Waals surface area contributed by atoms with Crippen LogP contribution in [0.25, 0.3) is 0 Å². The van der Waals surface area contributed by atoms with E-state index in [1.807, 2.05) is 26.8 Å². The molecule has 0 saturated heterocycles. The standard InChI is InChI=1S/C10H15O/c1-5-7-9(4)10(11)8(3)6-2/h6-7,9H,1-4H3. The molecule has 0 aliphatic rings. The van der Waals surface area contributed by atoms with Gasteiger partial charge in [0.25, 0.3) is 0 Å². The van der Waals surface area contributed by atoms with Crippen LogP contribution < -0.4 is 0 Å².